The van der Waals surface area contributed by atoms with Gasteiger partial charge in [0.25, 0.3) is 0 Å². The standard InChI is InChI=1S/C16H15FN2O/c1-10-3-4-12(9-18)7-16(10)20-15-6-5-13(11(2)19)8-14(15)17/h3-8,11H,19H2,1-2H3/t11-/m0/s1. The molecular formula is C16H15FN2O. The molecule has 2 rings (SSSR count). The van der Waals surface area contributed by atoms with Crippen LogP contribution in [-0.2, 0) is 0 Å². The molecule has 0 unspecified atom stereocenters. The Labute approximate surface area is 117 Å². The molecule has 4 heteroatoms. The molecule has 0 spiro atoms. The van der Waals surface area contributed by atoms with Crippen molar-refractivity contribution in [2.75, 3.05) is 0 Å². The van der Waals surface area contributed by atoms with Crippen LogP contribution in [0.25, 0.3) is 0 Å². The van der Waals surface area contributed by atoms with Crippen molar-refractivity contribution in [1.29, 1.82) is 5.26 Å². The summed E-state index contributed by atoms with van der Waals surface area (Å²) in [5, 5.41) is 8.88. The zero-order chi connectivity index (χ0) is 14.7. The molecule has 1 atom stereocenters. The van der Waals surface area contributed by atoms with Gasteiger partial charge in [-0.2, -0.15) is 5.26 Å². The minimum atomic E-state index is -0.471. The van der Waals surface area contributed by atoms with Crippen molar-refractivity contribution in [1.82, 2.24) is 0 Å². The fourth-order valence-electron chi connectivity index (χ4n) is 1.78. The fraction of sp³-hybridized carbons (Fsp3) is 0.188. The van der Waals surface area contributed by atoms with Gasteiger partial charge in [-0.05, 0) is 49.2 Å². The Morgan fingerprint density at radius 2 is 1.95 bits per heavy atom. The van der Waals surface area contributed by atoms with Crippen LogP contribution >= 0.6 is 0 Å². The van der Waals surface area contributed by atoms with Gasteiger partial charge in [0.2, 0.25) is 0 Å². The summed E-state index contributed by atoms with van der Waals surface area (Å²) in [5.41, 5.74) is 7.71. The second-order valence-electron chi connectivity index (χ2n) is 4.67. The van der Waals surface area contributed by atoms with Gasteiger partial charge < -0.3 is 10.5 Å². The number of rotatable bonds is 3. The van der Waals surface area contributed by atoms with Crippen LogP contribution < -0.4 is 10.5 Å². The van der Waals surface area contributed by atoms with Crippen molar-refractivity contribution in [3.63, 3.8) is 0 Å². The fourth-order valence-corrected chi connectivity index (χ4v) is 1.78. The molecule has 0 aromatic heterocycles. The highest BCUT2D eigenvalue weighted by molar-refractivity contribution is 5.44. The molecule has 0 aliphatic heterocycles. The molecule has 0 aliphatic rings. The van der Waals surface area contributed by atoms with Gasteiger partial charge in [0.1, 0.15) is 5.75 Å². The predicted octanol–water partition coefficient (Wildman–Crippen LogP) is 3.82. The van der Waals surface area contributed by atoms with E-state index in [4.69, 9.17) is 15.7 Å². The summed E-state index contributed by atoms with van der Waals surface area (Å²) in [6, 6.07) is 11.5. The second-order valence-corrected chi connectivity index (χ2v) is 4.67. The summed E-state index contributed by atoms with van der Waals surface area (Å²) in [7, 11) is 0. The largest absolute Gasteiger partial charge is 0.454 e. The number of ether oxygens (including phenoxy) is 1. The normalized spacial score (nSPS) is 11.8. The summed E-state index contributed by atoms with van der Waals surface area (Å²) < 4.78 is 19.5. The van der Waals surface area contributed by atoms with Crippen LogP contribution in [0.1, 0.15) is 29.7 Å². The first kappa shape index (κ1) is 14.0. The molecule has 0 radical (unpaired) electrons. The summed E-state index contributed by atoms with van der Waals surface area (Å²) in [4.78, 5) is 0. The number of nitrogens with two attached hydrogens (primary N) is 1. The lowest BCUT2D eigenvalue weighted by Crippen LogP contribution is -2.05. The van der Waals surface area contributed by atoms with Crippen molar-refractivity contribution < 1.29 is 9.13 Å². The molecule has 0 bridgehead atoms. The molecule has 0 amide bonds. The number of aryl methyl sites for hydroxylation is 1. The Bertz CT molecular complexity index is 675. The number of benzene rings is 2. The van der Waals surface area contributed by atoms with Gasteiger partial charge in [-0.3, -0.25) is 0 Å². The molecule has 102 valence electrons. The van der Waals surface area contributed by atoms with Gasteiger partial charge in [-0.15, -0.1) is 0 Å². The quantitative estimate of drug-likeness (QED) is 0.922. The van der Waals surface area contributed by atoms with Crippen LogP contribution in [0.3, 0.4) is 0 Å². The lowest BCUT2D eigenvalue weighted by atomic mass is 10.1. The van der Waals surface area contributed by atoms with Crippen molar-refractivity contribution in [3.8, 4) is 17.6 Å². The average molecular weight is 270 g/mol. The third-order valence-corrected chi connectivity index (χ3v) is 3.02. The van der Waals surface area contributed by atoms with Crippen LogP contribution in [0.15, 0.2) is 36.4 Å². The maximum Gasteiger partial charge on any atom is 0.166 e. The smallest absolute Gasteiger partial charge is 0.166 e. The zero-order valence-electron chi connectivity index (χ0n) is 11.4. The summed E-state index contributed by atoms with van der Waals surface area (Å²) in [5.74, 6) is 0.116. The topological polar surface area (TPSA) is 59.0 Å². The van der Waals surface area contributed by atoms with E-state index >= 15 is 0 Å². The Morgan fingerprint density at radius 3 is 2.55 bits per heavy atom. The maximum absolute atomic E-state index is 14.0. The molecule has 0 saturated carbocycles. The Balaban J connectivity index is 2.33. The molecule has 20 heavy (non-hydrogen) atoms. The minimum Gasteiger partial charge on any atom is -0.454 e. The summed E-state index contributed by atoms with van der Waals surface area (Å²) in [6.45, 7) is 3.63. The van der Waals surface area contributed by atoms with E-state index in [0.29, 0.717) is 16.9 Å². The van der Waals surface area contributed by atoms with Gasteiger partial charge in [-0.25, -0.2) is 4.39 Å². The monoisotopic (exact) mass is 270 g/mol. The van der Waals surface area contributed by atoms with E-state index in [-0.39, 0.29) is 11.8 Å². The van der Waals surface area contributed by atoms with Gasteiger partial charge in [0.05, 0.1) is 11.6 Å². The van der Waals surface area contributed by atoms with E-state index in [1.54, 1.807) is 37.3 Å². The molecule has 2 aromatic rings. The van der Waals surface area contributed by atoms with E-state index in [2.05, 4.69) is 0 Å². The Hall–Kier alpha value is -2.38. The first-order valence-corrected chi connectivity index (χ1v) is 6.25. The number of nitrogens with zero attached hydrogens (tertiary/aromatic N) is 1. The van der Waals surface area contributed by atoms with Crippen LogP contribution in [0.4, 0.5) is 4.39 Å². The molecule has 0 heterocycles. The highest BCUT2D eigenvalue weighted by Crippen LogP contribution is 2.29. The van der Waals surface area contributed by atoms with Crippen molar-refractivity contribution >= 4 is 0 Å². The Morgan fingerprint density at radius 1 is 1.20 bits per heavy atom. The third-order valence-electron chi connectivity index (χ3n) is 3.02. The molecular weight excluding hydrogens is 255 g/mol. The Kier molecular flexibility index (Phi) is 4.02. The van der Waals surface area contributed by atoms with E-state index < -0.39 is 5.82 Å². The van der Waals surface area contributed by atoms with Crippen LogP contribution in [0.2, 0.25) is 0 Å². The number of halogens is 1. The van der Waals surface area contributed by atoms with Crippen molar-refractivity contribution in [2.45, 2.75) is 19.9 Å². The third kappa shape index (κ3) is 2.95. The van der Waals surface area contributed by atoms with E-state index in [0.717, 1.165) is 5.56 Å². The molecule has 2 N–H and O–H groups in total. The summed E-state index contributed by atoms with van der Waals surface area (Å²) in [6.07, 6.45) is 0. The van der Waals surface area contributed by atoms with Gasteiger partial charge >= 0.3 is 0 Å². The first-order valence-electron chi connectivity index (χ1n) is 6.25. The van der Waals surface area contributed by atoms with E-state index in [1.807, 2.05) is 13.0 Å². The van der Waals surface area contributed by atoms with Gasteiger partial charge in [0.15, 0.2) is 11.6 Å². The van der Waals surface area contributed by atoms with Gasteiger partial charge in [0, 0.05) is 6.04 Å². The van der Waals surface area contributed by atoms with Crippen LogP contribution in [-0.4, -0.2) is 0 Å². The highest BCUT2D eigenvalue weighted by Gasteiger charge is 2.10. The number of nitriles is 1. The maximum atomic E-state index is 14.0. The molecule has 0 fully saturated rings. The van der Waals surface area contributed by atoms with Crippen molar-refractivity contribution in [3.05, 3.63) is 58.9 Å². The SMILES string of the molecule is Cc1ccc(C#N)cc1Oc1ccc([C@H](C)N)cc1F. The van der Waals surface area contributed by atoms with Gasteiger partial charge in [-0.1, -0.05) is 12.1 Å². The van der Waals surface area contributed by atoms with Crippen LogP contribution in [0.5, 0.6) is 11.5 Å². The molecule has 0 saturated heterocycles. The van der Waals surface area contributed by atoms with Crippen LogP contribution in [0, 0.1) is 24.1 Å². The number of hydrogen-bond donors (Lipinski definition) is 1. The second kappa shape index (κ2) is 5.72. The van der Waals surface area contributed by atoms with Crippen molar-refractivity contribution in [2.24, 2.45) is 5.73 Å². The average Bonchev–Trinajstić information content (AvgIpc) is 2.43. The number of hydrogen-bond acceptors (Lipinski definition) is 3. The molecule has 0 aliphatic carbocycles. The first-order chi connectivity index (χ1) is 9.51. The van der Waals surface area contributed by atoms with E-state index in [9.17, 15) is 4.39 Å². The molecule has 2 aromatic carbocycles. The zero-order valence-corrected chi connectivity index (χ0v) is 11.4. The minimum absolute atomic E-state index is 0.118. The predicted molar refractivity (Wildman–Crippen MR) is 75.0 cm³/mol. The summed E-state index contributed by atoms with van der Waals surface area (Å²) >= 11 is 0. The lowest BCUT2D eigenvalue weighted by molar-refractivity contribution is 0.438. The lowest BCUT2D eigenvalue weighted by Gasteiger charge is -2.12. The van der Waals surface area contributed by atoms with E-state index in [1.165, 1.54) is 6.07 Å². The molecule has 3 nitrogen and oxygen atoms in total. The highest BCUT2D eigenvalue weighted by atomic mass is 19.1.